The summed E-state index contributed by atoms with van der Waals surface area (Å²) in [6, 6.07) is 19.9. The SMILES string of the molecule is CN1C(=O)CCC(N2C(=O)c3ccc(C4CN(Cc5ccccc5)C4)c4cccc2c34)C1=O. The molecule has 3 amide bonds. The lowest BCUT2D eigenvalue weighted by molar-refractivity contribution is -0.147. The number of benzene rings is 3. The molecule has 2 saturated heterocycles. The molecule has 3 aliphatic rings. The summed E-state index contributed by atoms with van der Waals surface area (Å²) >= 11 is 0. The van der Waals surface area contributed by atoms with Gasteiger partial charge in [0.25, 0.3) is 11.8 Å². The molecule has 6 rings (SSSR count). The number of rotatable bonds is 4. The molecule has 0 spiro atoms. The first-order valence-electron chi connectivity index (χ1n) is 11.5. The minimum absolute atomic E-state index is 0.145. The van der Waals surface area contributed by atoms with Crippen molar-refractivity contribution in [2.75, 3.05) is 25.0 Å². The van der Waals surface area contributed by atoms with Crippen LogP contribution in [0, 0.1) is 0 Å². The Bertz CT molecular complexity index is 1300. The van der Waals surface area contributed by atoms with Crippen molar-refractivity contribution in [1.82, 2.24) is 9.80 Å². The Morgan fingerprint density at radius 1 is 0.909 bits per heavy atom. The second kappa shape index (κ2) is 7.52. The standard InChI is InChI=1S/C27H25N3O3/c1-28-24(31)13-12-23(27(28)33)30-22-9-5-8-20-19(10-11-21(25(20)22)26(30)32)18-15-29(16-18)14-17-6-3-2-4-7-17/h2-11,18,23H,12-16H2,1H3. The highest BCUT2D eigenvalue weighted by Crippen LogP contribution is 2.43. The summed E-state index contributed by atoms with van der Waals surface area (Å²) in [6.07, 6.45) is 0.635. The highest BCUT2D eigenvalue weighted by Gasteiger charge is 2.43. The van der Waals surface area contributed by atoms with Crippen LogP contribution in [0.2, 0.25) is 0 Å². The monoisotopic (exact) mass is 439 g/mol. The van der Waals surface area contributed by atoms with Crippen molar-refractivity contribution in [3.8, 4) is 0 Å². The molecule has 0 saturated carbocycles. The zero-order valence-electron chi connectivity index (χ0n) is 18.5. The van der Waals surface area contributed by atoms with E-state index in [4.69, 9.17) is 0 Å². The summed E-state index contributed by atoms with van der Waals surface area (Å²) in [4.78, 5) is 43.4. The Morgan fingerprint density at radius 2 is 1.70 bits per heavy atom. The smallest absolute Gasteiger partial charge is 0.259 e. The van der Waals surface area contributed by atoms with Crippen LogP contribution in [0.15, 0.2) is 60.7 Å². The number of anilines is 1. The van der Waals surface area contributed by atoms with Crippen LogP contribution in [0.4, 0.5) is 5.69 Å². The molecule has 33 heavy (non-hydrogen) atoms. The van der Waals surface area contributed by atoms with Crippen molar-refractivity contribution in [1.29, 1.82) is 0 Å². The number of amides is 3. The maximum absolute atomic E-state index is 13.4. The highest BCUT2D eigenvalue weighted by atomic mass is 16.2. The average Bonchev–Trinajstić information content (AvgIpc) is 3.09. The first-order valence-corrected chi connectivity index (χ1v) is 11.5. The minimum Gasteiger partial charge on any atom is -0.298 e. The molecule has 0 aromatic heterocycles. The number of imide groups is 1. The molecule has 0 aliphatic carbocycles. The fraction of sp³-hybridized carbons (Fsp3) is 0.296. The van der Waals surface area contributed by atoms with Crippen molar-refractivity contribution in [2.24, 2.45) is 0 Å². The summed E-state index contributed by atoms with van der Waals surface area (Å²) < 4.78 is 0. The van der Waals surface area contributed by atoms with E-state index < -0.39 is 6.04 Å². The number of carbonyl (C=O) groups excluding carboxylic acids is 3. The van der Waals surface area contributed by atoms with Crippen LogP contribution in [0.25, 0.3) is 10.8 Å². The van der Waals surface area contributed by atoms with Gasteiger partial charge >= 0.3 is 0 Å². The fourth-order valence-electron chi connectivity index (χ4n) is 5.57. The van der Waals surface area contributed by atoms with E-state index in [0.717, 1.165) is 41.0 Å². The van der Waals surface area contributed by atoms with Gasteiger partial charge in [0.05, 0.1) is 5.69 Å². The Kier molecular flexibility index (Phi) is 4.59. The summed E-state index contributed by atoms with van der Waals surface area (Å²) in [7, 11) is 1.50. The van der Waals surface area contributed by atoms with E-state index in [-0.39, 0.29) is 24.1 Å². The van der Waals surface area contributed by atoms with Gasteiger partial charge in [0.2, 0.25) is 5.91 Å². The van der Waals surface area contributed by atoms with Crippen LogP contribution in [-0.2, 0) is 16.1 Å². The third-order valence-electron chi connectivity index (χ3n) is 7.34. The maximum Gasteiger partial charge on any atom is 0.259 e. The van der Waals surface area contributed by atoms with Crippen LogP contribution in [0.1, 0.15) is 40.2 Å². The molecule has 0 radical (unpaired) electrons. The first kappa shape index (κ1) is 20.1. The lowest BCUT2D eigenvalue weighted by atomic mass is 9.86. The Balaban J connectivity index is 1.30. The molecule has 6 nitrogen and oxygen atoms in total. The second-order valence-electron chi connectivity index (χ2n) is 9.30. The van der Waals surface area contributed by atoms with Gasteiger partial charge < -0.3 is 0 Å². The van der Waals surface area contributed by atoms with Crippen LogP contribution in [-0.4, -0.2) is 53.7 Å². The minimum atomic E-state index is -0.633. The van der Waals surface area contributed by atoms with Crippen LogP contribution in [0.5, 0.6) is 0 Å². The number of likely N-dealkylation sites (tertiary alicyclic amines) is 2. The summed E-state index contributed by atoms with van der Waals surface area (Å²) in [5, 5.41) is 2.03. The van der Waals surface area contributed by atoms with Gasteiger partial charge in [-0.05, 0) is 35.1 Å². The molecule has 1 unspecified atom stereocenters. The average molecular weight is 440 g/mol. The summed E-state index contributed by atoms with van der Waals surface area (Å²) in [5.41, 5.74) is 4.02. The lowest BCUT2D eigenvalue weighted by Gasteiger charge is -2.40. The Hall–Kier alpha value is -3.51. The molecule has 3 aromatic rings. The zero-order chi connectivity index (χ0) is 22.7. The van der Waals surface area contributed by atoms with Gasteiger partial charge in [-0.2, -0.15) is 0 Å². The number of nitrogens with zero attached hydrogens (tertiary/aromatic N) is 3. The van der Waals surface area contributed by atoms with Gasteiger partial charge in [-0.15, -0.1) is 0 Å². The Labute approximate surface area is 192 Å². The van der Waals surface area contributed by atoms with Crippen molar-refractivity contribution < 1.29 is 14.4 Å². The zero-order valence-corrected chi connectivity index (χ0v) is 18.5. The molecule has 0 bridgehead atoms. The summed E-state index contributed by atoms with van der Waals surface area (Å²) in [6.45, 7) is 2.92. The van der Waals surface area contributed by atoms with Gasteiger partial charge in [-0.1, -0.05) is 48.5 Å². The first-order chi connectivity index (χ1) is 16.0. The van der Waals surface area contributed by atoms with Crippen molar-refractivity contribution >= 4 is 34.2 Å². The maximum atomic E-state index is 13.4. The number of likely N-dealkylation sites (N-methyl/N-ethyl adjacent to an activating group) is 1. The topological polar surface area (TPSA) is 60.9 Å². The van der Waals surface area contributed by atoms with Gasteiger partial charge in [-0.25, -0.2) is 0 Å². The molecular weight excluding hydrogens is 414 g/mol. The van der Waals surface area contributed by atoms with Crippen LogP contribution < -0.4 is 4.90 Å². The molecule has 3 aliphatic heterocycles. The molecule has 3 heterocycles. The lowest BCUT2D eigenvalue weighted by Crippen LogP contribution is -2.54. The molecule has 3 aromatic carbocycles. The van der Waals surface area contributed by atoms with E-state index in [1.807, 2.05) is 24.3 Å². The molecule has 1 atom stereocenters. The quantitative estimate of drug-likeness (QED) is 0.584. The van der Waals surface area contributed by atoms with E-state index in [1.54, 1.807) is 4.90 Å². The highest BCUT2D eigenvalue weighted by molar-refractivity contribution is 6.27. The fourth-order valence-corrected chi connectivity index (χ4v) is 5.57. The third kappa shape index (κ3) is 3.09. The summed E-state index contributed by atoms with van der Waals surface area (Å²) in [5.74, 6) is -0.221. The molecule has 6 heteroatoms. The van der Waals surface area contributed by atoms with Crippen molar-refractivity contribution in [3.05, 3.63) is 77.4 Å². The van der Waals surface area contributed by atoms with Crippen molar-refractivity contribution in [2.45, 2.75) is 31.3 Å². The predicted molar refractivity (Wildman–Crippen MR) is 126 cm³/mol. The number of hydrogen-bond donors (Lipinski definition) is 0. The molecular formula is C27H25N3O3. The van der Waals surface area contributed by atoms with E-state index in [2.05, 4.69) is 41.3 Å². The normalized spacial score (nSPS) is 21.2. The molecule has 166 valence electrons. The number of piperidine rings is 1. The largest absolute Gasteiger partial charge is 0.298 e. The number of hydrogen-bond acceptors (Lipinski definition) is 4. The molecule has 2 fully saturated rings. The third-order valence-corrected chi connectivity index (χ3v) is 7.34. The van der Waals surface area contributed by atoms with E-state index in [1.165, 1.54) is 18.2 Å². The van der Waals surface area contributed by atoms with Gasteiger partial charge in [-0.3, -0.25) is 29.1 Å². The predicted octanol–water partition coefficient (Wildman–Crippen LogP) is 3.55. The second-order valence-corrected chi connectivity index (χ2v) is 9.30. The van der Waals surface area contributed by atoms with Gasteiger partial charge in [0.1, 0.15) is 6.04 Å². The van der Waals surface area contributed by atoms with Gasteiger partial charge in [0.15, 0.2) is 0 Å². The van der Waals surface area contributed by atoms with E-state index in [9.17, 15) is 14.4 Å². The van der Waals surface area contributed by atoms with E-state index >= 15 is 0 Å². The van der Waals surface area contributed by atoms with Gasteiger partial charge in [0, 0.05) is 50.0 Å². The van der Waals surface area contributed by atoms with Crippen LogP contribution in [0.3, 0.4) is 0 Å². The Morgan fingerprint density at radius 3 is 2.48 bits per heavy atom. The van der Waals surface area contributed by atoms with Crippen molar-refractivity contribution in [3.63, 3.8) is 0 Å². The number of carbonyl (C=O) groups is 3. The van der Waals surface area contributed by atoms with Crippen LogP contribution >= 0.6 is 0 Å². The van der Waals surface area contributed by atoms with E-state index in [0.29, 0.717) is 17.9 Å². The molecule has 0 N–H and O–H groups in total.